The number of phenols is 1. The molecule has 5 heteroatoms. The molecule has 0 aliphatic carbocycles. The van der Waals surface area contributed by atoms with Crippen molar-refractivity contribution in [3.8, 4) is 5.75 Å². The van der Waals surface area contributed by atoms with E-state index in [2.05, 4.69) is 0 Å². The van der Waals surface area contributed by atoms with Gasteiger partial charge in [0.1, 0.15) is 12.4 Å². The average molecular weight is 236 g/mol. The Morgan fingerprint density at radius 2 is 2.12 bits per heavy atom. The van der Waals surface area contributed by atoms with Gasteiger partial charge in [-0.3, -0.25) is 4.90 Å². The highest BCUT2D eigenvalue weighted by atomic mass is 16.6. The second-order valence-electron chi connectivity index (χ2n) is 4.44. The number of nitrogens with two attached hydrogens (primary N) is 1. The number of benzene rings is 1. The van der Waals surface area contributed by atoms with Gasteiger partial charge in [-0.1, -0.05) is 0 Å². The van der Waals surface area contributed by atoms with Crippen LogP contribution < -0.4 is 10.6 Å². The van der Waals surface area contributed by atoms with Gasteiger partial charge in [-0.25, -0.2) is 4.79 Å². The van der Waals surface area contributed by atoms with Crippen molar-refractivity contribution in [1.29, 1.82) is 0 Å². The molecule has 1 aromatic rings. The lowest BCUT2D eigenvalue weighted by molar-refractivity contribution is 0.173. The third-order valence-corrected chi connectivity index (χ3v) is 3.02. The number of nitrogens with zero attached hydrogens (tertiary/aromatic N) is 1. The Hall–Kier alpha value is -1.75. The number of cyclic esters (lactones) is 1. The number of phenolic OH excluding ortho intramolecular Hbond substituents is 1. The molecule has 0 radical (unpaired) electrons. The monoisotopic (exact) mass is 236 g/mol. The van der Waals surface area contributed by atoms with Gasteiger partial charge in [0.2, 0.25) is 0 Å². The summed E-state index contributed by atoms with van der Waals surface area (Å²) in [4.78, 5) is 13.3. The molecule has 1 atom stereocenters. The van der Waals surface area contributed by atoms with Crippen LogP contribution in [0.25, 0.3) is 0 Å². The van der Waals surface area contributed by atoms with Crippen molar-refractivity contribution < 1.29 is 14.6 Å². The highest BCUT2D eigenvalue weighted by Crippen LogP contribution is 2.33. The Kier molecular flexibility index (Phi) is 2.93. The molecule has 3 N–H and O–H groups in total. The fourth-order valence-electron chi connectivity index (χ4n) is 2.08. The van der Waals surface area contributed by atoms with Gasteiger partial charge < -0.3 is 15.6 Å². The molecule has 1 amide bonds. The molecule has 0 bridgehead atoms. The van der Waals surface area contributed by atoms with Crippen molar-refractivity contribution in [1.82, 2.24) is 0 Å². The number of aromatic hydroxyl groups is 1. The molecule has 0 saturated carbocycles. The smallest absolute Gasteiger partial charge is 0.415 e. The molecule has 17 heavy (non-hydrogen) atoms. The molecule has 5 nitrogen and oxygen atoms in total. The highest BCUT2D eigenvalue weighted by molar-refractivity contribution is 5.91. The van der Waals surface area contributed by atoms with Crippen molar-refractivity contribution in [2.45, 2.75) is 18.9 Å². The van der Waals surface area contributed by atoms with Gasteiger partial charge in [0.05, 0.1) is 5.54 Å². The topological polar surface area (TPSA) is 75.8 Å². The van der Waals surface area contributed by atoms with Crippen LogP contribution in [0.5, 0.6) is 5.75 Å². The molecule has 2 rings (SSSR count). The molecule has 1 aromatic carbocycles. The quantitative estimate of drug-likeness (QED) is 0.833. The summed E-state index contributed by atoms with van der Waals surface area (Å²) in [5.41, 5.74) is 5.87. The van der Waals surface area contributed by atoms with E-state index < -0.39 is 5.54 Å². The number of anilines is 1. The zero-order valence-corrected chi connectivity index (χ0v) is 9.72. The van der Waals surface area contributed by atoms with Gasteiger partial charge in [0.15, 0.2) is 0 Å². The normalized spacial score (nSPS) is 23.9. The maximum Gasteiger partial charge on any atom is 0.415 e. The lowest BCUT2D eigenvalue weighted by Crippen LogP contribution is -2.46. The van der Waals surface area contributed by atoms with Gasteiger partial charge >= 0.3 is 6.09 Å². The summed E-state index contributed by atoms with van der Waals surface area (Å²) < 4.78 is 5.09. The third kappa shape index (κ3) is 2.06. The minimum Gasteiger partial charge on any atom is -0.508 e. The van der Waals surface area contributed by atoms with E-state index in [0.29, 0.717) is 25.3 Å². The number of carbonyl (C=O) groups excluding carboxylic acids is 1. The van der Waals surface area contributed by atoms with Crippen LogP contribution in [-0.2, 0) is 4.74 Å². The summed E-state index contributed by atoms with van der Waals surface area (Å²) in [5.74, 6) is 0.168. The van der Waals surface area contributed by atoms with Crippen molar-refractivity contribution in [3.05, 3.63) is 24.3 Å². The summed E-state index contributed by atoms with van der Waals surface area (Å²) in [6.07, 6.45) is 0.297. The fourth-order valence-corrected chi connectivity index (χ4v) is 2.08. The van der Waals surface area contributed by atoms with Gasteiger partial charge in [0.25, 0.3) is 0 Å². The van der Waals surface area contributed by atoms with E-state index >= 15 is 0 Å². The van der Waals surface area contributed by atoms with Crippen LogP contribution in [0.2, 0.25) is 0 Å². The molecular weight excluding hydrogens is 220 g/mol. The molecule has 1 aliphatic heterocycles. The third-order valence-electron chi connectivity index (χ3n) is 3.02. The SMILES string of the molecule is CC1(CCN)COC(=O)N1c1ccc(O)cc1. The van der Waals surface area contributed by atoms with Crippen molar-refractivity contribution >= 4 is 11.8 Å². The largest absolute Gasteiger partial charge is 0.508 e. The summed E-state index contributed by atoms with van der Waals surface area (Å²) in [6.45, 7) is 2.77. The van der Waals surface area contributed by atoms with E-state index in [4.69, 9.17) is 10.5 Å². The number of amides is 1. The first kappa shape index (κ1) is 11.7. The lowest BCUT2D eigenvalue weighted by atomic mass is 9.97. The average Bonchev–Trinajstić information content (AvgIpc) is 2.57. The summed E-state index contributed by atoms with van der Waals surface area (Å²) >= 11 is 0. The first-order valence-corrected chi connectivity index (χ1v) is 5.53. The summed E-state index contributed by atoms with van der Waals surface area (Å²) in [5, 5.41) is 9.24. The standard InChI is InChI=1S/C12H16N2O3/c1-12(6-7-13)8-17-11(16)14(12)9-2-4-10(15)5-3-9/h2-5,15H,6-8,13H2,1H3. The Balaban J connectivity index is 2.33. The van der Waals surface area contributed by atoms with E-state index in [0.717, 1.165) is 0 Å². The van der Waals surface area contributed by atoms with Crippen LogP contribution in [0.15, 0.2) is 24.3 Å². The molecule has 0 aromatic heterocycles. The second kappa shape index (κ2) is 4.25. The predicted molar refractivity (Wildman–Crippen MR) is 64.0 cm³/mol. The van der Waals surface area contributed by atoms with Crippen LogP contribution in [0.4, 0.5) is 10.5 Å². The van der Waals surface area contributed by atoms with Crippen LogP contribution in [-0.4, -0.2) is 29.9 Å². The summed E-state index contributed by atoms with van der Waals surface area (Å²) in [6, 6.07) is 6.47. The van der Waals surface area contributed by atoms with Gasteiger partial charge in [0, 0.05) is 5.69 Å². The molecule has 92 valence electrons. The maximum atomic E-state index is 11.8. The minimum absolute atomic E-state index is 0.168. The zero-order valence-electron chi connectivity index (χ0n) is 9.72. The molecule has 1 fully saturated rings. The summed E-state index contributed by atoms with van der Waals surface area (Å²) in [7, 11) is 0. The number of hydrogen-bond acceptors (Lipinski definition) is 4. The van der Waals surface area contributed by atoms with E-state index in [1.54, 1.807) is 29.2 Å². The Bertz CT molecular complexity index is 418. The maximum absolute atomic E-state index is 11.8. The number of ether oxygens (including phenoxy) is 1. The van der Waals surface area contributed by atoms with E-state index in [1.165, 1.54) is 0 Å². The number of carbonyl (C=O) groups is 1. The van der Waals surface area contributed by atoms with Gasteiger partial charge in [-0.2, -0.15) is 0 Å². The molecule has 1 aliphatic rings. The van der Waals surface area contributed by atoms with Crippen LogP contribution in [0.1, 0.15) is 13.3 Å². The van der Waals surface area contributed by atoms with Gasteiger partial charge in [-0.05, 0) is 44.2 Å². The van der Waals surface area contributed by atoms with E-state index in [-0.39, 0.29) is 11.8 Å². The molecule has 1 unspecified atom stereocenters. The fraction of sp³-hybridized carbons (Fsp3) is 0.417. The van der Waals surface area contributed by atoms with Crippen LogP contribution >= 0.6 is 0 Å². The minimum atomic E-state index is -0.414. The molecule has 0 spiro atoms. The second-order valence-corrected chi connectivity index (χ2v) is 4.44. The predicted octanol–water partition coefficient (Wildman–Crippen LogP) is 1.46. The van der Waals surface area contributed by atoms with Gasteiger partial charge in [-0.15, -0.1) is 0 Å². The van der Waals surface area contributed by atoms with E-state index in [1.807, 2.05) is 6.92 Å². The van der Waals surface area contributed by atoms with Crippen LogP contribution in [0, 0.1) is 0 Å². The number of hydrogen-bond donors (Lipinski definition) is 2. The first-order chi connectivity index (χ1) is 8.07. The molecular formula is C12H16N2O3. The molecule has 1 saturated heterocycles. The van der Waals surface area contributed by atoms with E-state index in [9.17, 15) is 9.90 Å². The number of rotatable bonds is 3. The first-order valence-electron chi connectivity index (χ1n) is 5.53. The van der Waals surface area contributed by atoms with Crippen molar-refractivity contribution in [2.75, 3.05) is 18.1 Å². The Morgan fingerprint density at radius 1 is 1.47 bits per heavy atom. The zero-order chi connectivity index (χ0) is 12.5. The lowest BCUT2D eigenvalue weighted by Gasteiger charge is -2.31. The van der Waals surface area contributed by atoms with Crippen molar-refractivity contribution in [3.63, 3.8) is 0 Å². The highest BCUT2D eigenvalue weighted by Gasteiger charge is 2.43. The molecule has 1 heterocycles. The Labute approximate surface area is 99.8 Å². The van der Waals surface area contributed by atoms with Crippen LogP contribution in [0.3, 0.4) is 0 Å². The Morgan fingerprint density at radius 3 is 2.71 bits per heavy atom. The van der Waals surface area contributed by atoms with Crippen molar-refractivity contribution in [2.24, 2.45) is 5.73 Å².